The van der Waals surface area contributed by atoms with Crippen molar-refractivity contribution in [2.45, 2.75) is 39.7 Å². The Morgan fingerprint density at radius 3 is 2.47 bits per heavy atom. The minimum absolute atomic E-state index is 0.435. The molecule has 0 saturated carbocycles. The summed E-state index contributed by atoms with van der Waals surface area (Å²) < 4.78 is 0. The van der Waals surface area contributed by atoms with Gasteiger partial charge in [0.2, 0.25) is 0 Å². The average molecular weight is 252 g/mol. The number of piperidine rings is 1. The van der Waals surface area contributed by atoms with Crippen molar-refractivity contribution in [2.24, 2.45) is 11.1 Å². The van der Waals surface area contributed by atoms with Gasteiger partial charge in [0.05, 0.1) is 6.04 Å². The summed E-state index contributed by atoms with van der Waals surface area (Å²) in [4.78, 5) is 5.39. The standard InChI is InChI=1S/C14H24N2S/c1-11-4-5-13(17-11)12(10-15)16-8-6-14(2,3)7-9-16/h4-5,12H,6-10,15H2,1-3H3. The summed E-state index contributed by atoms with van der Waals surface area (Å²) in [5.41, 5.74) is 6.49. The van der Waals surface area contributed by atoms with E-state index in [2.05, 4.69) is 37.8 Å². The molecule has 1 aliphatic heterocycles. The molecule has 2 rings (SSSR count). The largest absolute Gasteiger partial charge is 0.329 e. The molecule has 1 fully saturated rings. The Bertz CT molecular complexity index is 360. The molecule has 2 heterocycles. The summed E-state index contributed by atoms with van der Waals surface area (Å²) in [6.45, 7) is 10.0. The van der Waals surface area contributed by atoms with Crippen LogP contribution in [0, 0.1) is 12.3 Å². The lowest BCUT2D eigenvalue weighted by atomic mass is 9.82. The van der Waals surface area contributed by atoms with E-state index in [4.69, 9.17) is 5.73 Å². The van der Waals surface area contributed by atoms with Gasteiger partial charge in [-0.05, 0) is 50.4 Å². The van der Waals surface area contributed by atoms with Gasteiger partial charge in [0.25, 0.3) is 0 Å². The fourth-order valence-electron chi connectivity index (χ4n) is 2.52. The second-order valence-electron chi connectivity index (χ2n) is 5.90. The van der Waals surface area contributed by atoms with E-state index in [1.54, 1.807) is 0 Å². The molecule has 2 nitrogen and oxygen atoms in total. The molecule has 17 heavy (non-hydrogen) atoms. The predicted octanol–water partition coefficient (Wildman–Crippen LogP) is 3.18. The number of hydrogen-bond donors (Lipinski definition) is 1. The van der Waals surface area contributed by atoms with Gasteiger partial charge in [0.15, 0.2) is 0 Å². The van der Waals surface area contributed by atoms with Crippen LogP contribution in [0.5, 0.6) is 0 Å². The van der Waals surface area contributed by atoms with Gasteiger partial charge in [-0.15, -0.1) is 11.3 Å². The lowest BCUT2D eigenvalue weighted by Gasteiger charge is -2.40. The SMILES string of the molecule is Cc1ccc(C(CN)N2CCC(C)(C)CC2)s1. The zero-order valence-corrected chi connectivity index (χ0v) is 12.0. The van der Waals surface area contributed by atoms with Gasteiger partial charge in [-0.1, -0.05) is 13.8 Å². The zero-order valence-electron chi connectivity index (χ0n) is 11.2. The third-order valence-corrected chi connectivity index (χ3v) is 5.01. The molecule has 1 saturated heterocycles. The highest BCUT2D eigenvalue weighted by Crippen LogP contribution is 2.35. The molecule has 0 spiro atoms. The summed E-state index contributed by atoms with van der Waals surface area (Å²) in [6, 6.07) is 4.89. The smallest absolute Gasteiger partial charge is 0.0564 e. The van der Waals surface area contributed by atoms with Crippen molar-refractivity contribution in [1.29, 1.82) is 0 Å². The predicted molar refractivity (Wildman–Crippen MR) is 75.4 cm³/mol. The van der Waals surface area contributed by atoms with Crippen LogP contribution < -0.4 is 5.73 Å². The van der Waals surface area contributed by atoms with Crippen LogP contribution in [0.15, 0.2) is 12.1 Å². The van der Waals surface area contributed by atoms with Crippen LogP contribution in [0.1, 0.15) is 42.5 Å². The highest BCUT2D eigenvalue weighted by Gasteiger charge is 2.29. The average Bonchev–Trinajstić information content (AvgIpc) is 2.68. The van der Waals surface area contributed by atoms with Gasteiger partial charge in [-0.3, -0.25) is 4.90 Å². The normalized spacial score (nSPS) is 22.6. The zero-order chi connectivity index (χ0) is 12.5. The Balaban J connectivity index is 2.05. The molecule has 1 aliphatic rings. The van der Waals surface area contributed by atoms with Gasteiger partial charge in [0, 0.05) is 16.3 Å². The molecule has 0 radical (unpaired) electrons. The third-order valence-electron chi connectivity index (χ3n) is 3.91. The molecule has 1 aromatic heterocycles. The van der Waals surface area contributed by atoms with Crippen LogP contribution in [-0.4, -0.2) is 24.5 Å². The van der Waals surface area contributed by atoms with Crippen LogP contribution in [0.4, 0.5) is 0 Å². The summed E-state index contributed by atoms with van der Waals surface area (Å²) in [7, 11) is 0. The number of hydrogen-bond acceptors (Lipinski definition) is 3. The molecule has 96 valence electrons. The van der Waals surface area contributed by atoms with Crippen LogP contribution in [0.3, 0.4) is 0 Å². The maximum absolute atomic E-state index is 5.98. The van der Waals surface area contributed by atoms with Gasteiger partial charge >= 0.3 is 0 Å². The van der Waals surface area contributed by atoms with E-state index in [1.165, 1.54) is 35.7 Å². The molecule has 3 heteroatoms. The Morgan fingerprint density at radius 1 is 1.35 bits per heavy atom. The number of rotatable bonds is 3. The summed E-state index contributed by atoms with van der Waals surface area (Å²) in [5.74, 6) is 0. The van der Waals surface area contributed by atoms with E-state index in [0.717, 1.165) is 6.54 Å². The van der Waals surface area contributed by atoms with Crippen LogP contribution in [-0.2, 0) is 0 Å². The second kappa shape index (κ2) is 5.09. The molecule has 1 unspecified atom stereocenters. The fourth-order valence-corrected chi connectivity index (χ4v) is 3.54. The third kappa shape index (κ3) is 3.09. The van der Waals surface area contributed by atoms with Crippen molar-refractivity contribution in [3.63, 3.8) is 0 Å². The number of aryl methyl sites for hydroxylation is 1. The van der Waals surface area contributed by atoms with E-state index in [9.17, 15) is 0 Å². The second-order valence-corrected chi connectivity index (χ2v) is 7.22. The fraction of sp³-hybridized carbons (Fsp3) is 0.714. The first-order chi connectivity index (χ1) is 8.02. The number of thiophene rings is 1. The molecule has 0 aliphatic carbocycles. The maximum atomic E-state index is 5.98. The van der Waals surface area contributed by atoms with E-state index < -0.39 is 0 Å². The Morgan fingerprint density at radius 2 is 2.00 bits per heavy atom. The minimum Gasteiger partial charge on any atom is -0.329 e. The van der Waals surface area contributed by atoms with Crippen molar-refractivity contribution < 1.29 is 0 Å². The molecule has 0 aromatic carbocycles. The van der Waals surface area contributed by atoms with Crippen molar-refractivity contribution >= 4 is 11.3 Å². The van der Waals surface area contributed by atoms with Crippen molar-refractivity contribution in [2.75, 3.05) is 19.6 Å². The van der Waals surface area contributed by atoms with Crippen LogP contribution in [0.2, 0.25) is 0 Å². The van der Waals surface area contributed by atoms with E-state index in [1.807, 2.05) is 11.3 Å². The highest BCUT2D eigenvalue weighted by molar-refractivity contribution is 7.12. The van der Waals surface area contributed by atoms with Crippen LogP contribution in [0.25, 0.3) is 0 Å². The molecular weight excluding hydrogens is 228 g/mol. The van der Waals surface area contributed by atoms with Gasteiger partial charge < -0.3 is 5.73 Å². The lowest BCUT2D eigenvalue weighted by Crippen LogP contribution is -2.41. The minimum atomic E-state index is 0.435. The Kier molecular flexibility index (Phi) is 3.91. The Hall–Kier alpha value is -0.380. The van der Waals surface area contributed by atoms with Crippen LogP contribution >= 0.6 is 11.3 Å². The molecular formula is C14H24N2S. The number of nitrogens with two attached hydrogens (primary N) is 1. The first-order valence-corrected chi connectivity index (χ1v) is 7.34. The summed E-state index contributed by atoms with van der Waals surface area (Å²) in [6.07, 6.45) is 2.57. The first kappa shape index (κ1) is 13.1. The van der Waals surface area contributed by atoms with Crippen molar-refractivity contribution in [3.05, 3.63) is 21.9 Å². The quantitative estimate of drug-likeness (QED) is 0.895. The summed E-state index contributed by atoms with van der Waals surface area (Å²) >= 11 is 1.89. The van der Waals surface area contributed by atoms with E-state index in [-0.39, 0.29) is 0 Å². The topological polar surface area (TPSA) is 29.3 Å². The van der Waals surface area contributed by atoms with Crippen molar-refractivity contribution in [1.82, 2.24) is 4.90 Å². The van der Waals surface area contributed by atoms with Crippen molar-refractivity contribution in [3.8, 4) is 0 Å². The molecule has 1 aromatic rings. The lowest BCUT2D eigenvalue weighted by molar-refractivity contribution is 0.0977. The maximum Gasteiger partial charge on any atom is 0.0564 e. The number of likely N-dealkylation sites (tertiary alicyclic amines) is 1. The molecule has 0 amide bonds. The Labute approximate surface area is 109 Å². The highest BCUT2D eigenvalue weighted by atomic mass is 32.1. The van der Waals surface area contributed by atoms with Gasteiger partial charge in [-0.2, -0.15) is 0 Å². The molecule has 0 bridgehead atoms. The summed E-state index contributed by atoms with van der Waals surface area (Å²) in [5, 5.41) is 0. The monoisotopic (exact) mass is 252 g/mol. The first-order valence-electron chi connectivity index (χ1n) is 6.52. The van der Waals surface area contributed by atoms with E-state index >= 15 is 0 Å². The van der Waals surface area contributed by atoms with Gasteiger partial charge in [-0.25, -0.2) is 0 Å². The van der Waals surface area contributed by atoms with Gasteiger partial charge in [0.1, 0.15) is 0 Å². The number of nitrogens with zero attached hydrogens (tertiary/aromatic N) is 1. The molecule has 1 atom stereocenters. The van der Waals surface area contributed by atoms with E-state index in [0.29, 0.717) is 11.5 Å². The molecule has 2 N–H and O–H groups in total.